The number of Topliss-reactive ketones (excluding diaryl/α,β-unsaturated/α-hetero) is 1. The zero-order valence-electron chi connectivity index (χ0n) is 16.6. The molecule has 0 radical (unpaired) electrons. The van der Waals surface area contributed by atoms with Crippen molar-refractivity contribution in [3.05, 3.63) is 46.7 Å². The van der Waals surface area contributed by atoms with Crippen molar-refractivity contribution in [3.8, 4) is 5.75 Å². The lowest BCUT2D eigenvalue weighted by Gasteiger charge is -2.07. The Morgan fingerprint density at radius 2 is 1.75 bits per heavy atom. The Morgan fingerprint density at radius 3 is 2.36 bits per heavy atom. The van der Waals surface area contributed by atoms with Gasteiger partial charge in [0.05, 0.1) is 18.8 Å². The van der Waals surface area contributed by atoms with Gasteiger partial charge in [-0.15, -0.1) is 0 Å². The standard InChI is InChI=1S/C21H25NO6/c1-5-26-21(25)19-18(14(3)23)15(4)28-20(19)22-17(24)7-6-12-27-16-10-8-13(2)9-11-16/h8-11H,5-7,12H2,1-4H3,(H,22,24). The Balaban J connectivity index is 1.97. The molecule has 0 spiro atoms. The molecule has 0 aliphatic rings. The third-order valence-electron chi connectivity index (χ3n) is 4.01. The third kappa shape index (κ3) is 5.45. The van der Waals surface area contributed by atoms with Crippen LogP contribution in [0.4, 0.5) is 5.88 Å². The first-order chi connectivity index (χ1) is 13.3. The second-order valence-electron chi connectivity index (χ2n) is 6.33. The monoisotopic (exact) mass is 387 g/mol. The molecular weight excluding hydrogens is 362 g/mol. The number of ketones is 1. The largest absolute Gasteiger partial charge is 0.494 e. The van der Waals surface area contributed by atoms with E-state index in [0.29, 0.717) is 13.0 Å². The number of carbonyl (C=O) groups excluding carboxylic acids is 3. The van der Waals surface area contributed by atoms with Crippen LogP contribution in [0.3, 0.4) is 0 Å². The zero-order chi connectivity index (χ0) is 20.7. The van der Waals surface area contributed by atoms with Gasteiger partial charge in [-0.25, -0.2) is 4.79 Å². The van der Waals surface area contributed by atoms with Crippen LogP contribution in [-0.2, 0) is 9.53 Å². The summed E-state index contributed by atoms with van der Waals surface area (Å²) in [6.07, 6.45) is 0.650. The molecule has 0 saturated carbocycles. The maximum atomic E-state index is 12.2. The predicted octanol–water partition coefficient (Wildman–Crippen LogP) is 4.07. The molecule has 150 valence electrons. The first kappa shape index (κ1) is 21.2. The van der Waals surface area contributed by atoms with Crippen molar-refractivity contribution < 1.29 is 28.3 Å². The fourth-order valence-corrected chi connectivity index (χ4v) is 2.70. The minimum atomic E-state index is -0.706. The maximum absolute atomic E-state index is 12.2. The molecule has 0 atom stereocenters. The van der Waals surface area contributed by atoms with E-state index in [4.69, 9.17) is 13.9 Å². The molecule has 0 unspecified atom stereocenters. The fourth-order valence-electron chi connectivity index (χ4n) is 2.70. The third-order valence-corrected chi connectivity index (χ3v) is 4.01. The van der Waals surface area contributed by atoms with E-state index in [9.17, 15) is 14.4 Å². The van der Waals surface area contributed by atoms with Crippen LogP contribution in [0, 0.1) is 13.8 Å². The summed E-state index contributed by atoms with van der Waals surface area (Å²) in [7, 11) is 0. The summed E-state index contributed by atoms with van der Waals surface area (Å²) < 4.78 is 16.0. The van der Waals surface area contributed by atoms with Crippen LogP contribution in [0.5, 0.6) is 5.75 Å². The van der Waals surface area contributed by atoms with Crippen molar-refractivity contribution in [2.24, 2.45) is 0 Å². The molecule has 2 rings (SSSR count). The molecule has 1 aromatic carbocycles. The molecule has 28 heavy (non-hydrogen) atoms. The molecule has 0 aliphatic carbocycles. The van der Waals surface area contributed by atoms with Gasteiger partial charge in [0.1, 0.15) is 17.1 Å². The van der Waals surface area contributed by atoms with Crippen LogP contribution in [0.25, 0.3) is 0 Å². The van der Waals surface area contributed by atoms with Crippen LogP contribution in [0.1, 0.15) is 58.7 Å². The molecule has 2 aromatic rings. The topological polar surface area (TPSA) is 94.8 Å². The minimum absolute atomic E-state index is 0.0453. The number of hydrogen-bond donors (Lipinski definition) is 1. The Hall–Kier alpha value is -3.09. The highest BCUT2D eigenvalue weighted by molar-refractivity contribution is 6.10. The van der Waals surface area contributed by atoms with E-state index in [-0.39, 0.29) is 47.5 Å². The highest BCUT2D eigenvalue weighted by Gasteiger charge is 2.28. The van der Waals surface area contributed by atoms with E-state index in [1.807, 2.05) is 31.2 Å². The van der Waals surface area contributed by atoms with Gasteiger partial charge in [0.15, 0.2) is 5.78 Å². The summed E-state index contributed by atoms with van der Waals surface area (Å²) in [4.78, 5) is 36.3. The number of nitrogens with one attached hydrogen (secondary N) is 1. The molecule has 0 fully saturated rings. The molecule has 1 aromatic heterocycles. The highest BCUT2D eigenvalue weighted by Crippen LogP contribution is 2.28. The number of aryl methyl sites for hydroxylation is 2. The molecule has 1 heterocycles. The van der Waals surface area contributed by atoms with Gasteiger partial charge in [0, 0.05) is 6.42 Å². The smallest absolute Gasteiger partial charge is 0.344 e. The number of carbonyl (C=O) groups is 3. The number of esters is 1. The van der Waals surface area contributed by atoms with Crippen molar-refractivity contribution >= 4 is 23.5 Å². The molecule has 7 nitrogen and oxygen atoms in total. The number of amides is 1. The van der Waals surface area contributed by atoms with Gasteiger partial charge < -0.3 is 13.9 Å². The highest BCUT2D eigenvalue weighted by atomic mass is 16.5. The lowest BCUT2D eigenvalue weighted by Crippen LogP contribution is -2.16. The van der Waals surface area contributed by atoms with E-state index in [2.05, 4.69) is 5.32 Å². The Kier molecular flexibility index (Phi) is 7.37. The van der Waals surface area contributed by atoms with Crippen molar-refractivity contribution in [1.29, 1.82) is 0 Å². The summed E-state index contributed by atoms with van der Waals surface area (Å²) in [6.45, 7) is 7.05. The predicted molar refractivity (Wildman–Crippen MR) is 104 cm³/mol. The van der Waals surface area contributed by atoms with Crippen LogP contribution in [0.15, 0.2) is 28.7 Å². The van der Waals surface area contributed by atoms with Gasteiger partial charge in [-0.1, -0.05) is 17.7 Å². The zero-order valence-corrected chi connectivity index (χ0v) is 16.6. The number of hydrogen-bond acceptors (Lipinski definition) is 6. The summed E-state index contributed by atoms with van der Waals surface area (Å²) >= 11 is 0. The molecule has 7 heteroatoms. The number of furan rings is 1. The molecule has 1 N–H and O–H groups in total. The fraction of sp³-hybridized carbons (Fsp3) is 0.381. The average Bonchev–Trinajstić information content (AvgIpc) is 2.96. The Bertz CT molecular complexity index is 851. The number of ether oxygens (including phenoxy) is 2. The van der Waals surface area contributed by atoms with Crippen LogP contribution < -0.4 is 10.1 Å². The second kappa shape index (κ2) is 9.73. The Labute approximate surface area is 164 Å². The van der Waals surface area contributed by atoms with Crippen LogP contribution in [-0.4, -0.2) is 30.9 Å². The Morgan fingerprint density at radius 1 is 1.07 bits per heavy atom. The van der Waals surface area contributed by atoms with Crippen molar-refractivity contribution in [3.63, 3.8) is 0 Å². The van der Waals surface area contributed by atoms with Crippen molar-refractivity contribution in [1.82, 2.24) is 0 Å². The maximum Gasteiger partial charge on any atom is 0.344 e. The van der Waals surface area contributed by atoms with Gasteiger partial charge in [-0.05, 0) is 46.2 Å². The quantitative estimate of drug-likeness (QED) is 0.396. The average molecular weight is 387 g/mol. The van der Waals surface area contributed by atoms with E-state index in [1.165, 1.54) is 6.92 Å². The number of rotatable bonds is 9. The SMILES string of the molecule is CCOC(=O)c1c(NC(=O)CCCOc2ccc(C)cc2)oc(C)c1C(C)=O. The van der Waals surface area contributed by atoms with Crippen LogP contribution in [0.2, 0.25) is 0 Å². The van der Waals surface area contributed by atoms with Gasteiger partial charge in [0.25, 0.3) is 0 Å². The lowest BCUT2D eigenvalue weighted by molar-refractivity contribution is -0.116. The first-order valence-corrected chi connectivity index (χ1v) is 9.14. The van der Waals surface area contributed by atoms with E-state index in [0.717, 1.165) is 11.3 Å². The van der Waals surface area contributed by atoms with Crippen LogP contribution >= 0.6 is 0 Å². The van der Waals surface area contributed by atoms with E-state index >= 15 is 0 Å². The summed E-state index contributed by atoms with van der Waals surface area (Å²) in [5.41, 5.74) is 1.22. The normalized spacial score (nSPS) is 10.4. The van der Waals surface area contributed by atoms with Gasteiger partial charge in [-0.2, -0.15) is 0 Å². The van der Waals surface area contributed by atoms with Gasteiger partial charge in [0.2, 0.25) is 11.8 Å². The molecule has 0 bridgehead atoms. The lowest BCUT2D eigenvalue weighted by atomic mass is 10.1. The number of benzene rings is 1. The molecule has 0 aliphatic heterocycles. The summed E-state index contributed by atoms with van der Waals surface area (Å²) in [5, 5.41) is 2.56. The van der Waals surface area contributed by atoms with E-state index in [1.54, 1.807) is 13.8 Å². The van der Waals surface area contributed by atoms with Gasteiger partial charge in [-0.3, -0.25) is 14.9 Å². The summed E-state index contributed by atoms with van der Waals surface area (Å²) in [5.74, 6) is -0.455. The molecule has 1 amide bonds. The van der Waals surface area contributed by atoms with E-state index < -0.39 is 5.97 Å². The minimum Gasteiger partial charge on any atom is -0.494 e. The number of anilines is 1. The van der Waals surface area contributed by atoms with Crippen molar-refractivity contribution in [2.75, 3.05) is 18.5 Å². The molecular formula is C21H25NO6. The second-order valence-corrected chi connectivity index (χ2v) is 6.33. The van der Waals surface area contributed by atoms with Gasteiger partial charge >= 0.3 is 5.97 Å². The molecule has 0 saturated heterocycles. The van der Waals surface area contributed by atoms with Crippen molar-refractivity contribution in [2.45, 2.75) is 40.5 Å². The first-order valence-electron chi connectivity index (χ1n) is 9.14. The summed E-state index contributed by atoms with van der Waals surface area (Å²) in [6, 6.07) is 7.64.